The first kappa shape index (κ1) is 22.6. The summed E-state index contributed by atoms with van der Waals surface area (Å²) >= 11 is 5.77. The van der Waals surface area contributed by atoms with E-state index < -0.39 is 32.7 Å². The third-order valence-electron chi connectivity index (χ3n) is 4.25. The van der Waals surface area contributed by atoms with Gasteiger partial charge >= 0.3 is 0 Å². The van der Waals surface area contributed by atoms with Crippen LogP contribution in [0.15, 0.2) is 36.4 Å². The molecule has 0 aliphatic carbocycles. The van der Waals surface area contributed by atoms with Crippen LogP contribution in [0.4, 0.5) is 21.5 Å². The number of nitrogens with one attached hydrogen (secondary N) is 1. The smallest absolute Gasteiger partial charge is 0.274 e. The maximum Gasteiger partial charge on any atom is 0.274 e. The van der Waals surface area contributed by atoms with Gasteiger partial charge in [-0.1, -0.05) is 24.6 Å². The molecule has 0 spiro atoms. The monoisotopic (exact) mass is 443 g/mol. The molecule has 0 aliphatic heterocycles. The van der Waals surface area contributed by atoms with Gasteiger partial charge in [0.25, 0.3) is 5.69 Å². The quantitative estimate of drug-likeness (QED) is 0.515. The van der Waals surface area contributed by atoms with Crippen molar-refractivity contribution in [1.82, 2.24) is 0 Å². The van der Waals surface area contributed by atoms with Crippen molar-refractivity contribution in [2.75, 3.05) is 15.9 Å². The molecule has 1 unspecified atom stereocenters. The van der Waals surface area contributed by atoms with Crippen LogP contribution in [0.5, 0.6) is 0 Å². The van der Waals surface area contributed by atoms with Crippen LogP contribution >= 0.6 is 11.6 Å². The molecule has 156 valence electrons. The molecule has 0 radical (unpaired) electrons. The van der Waals surface area contributed by atoms with E-state index in [2.05, 4.69) is 5.32 Å². The fourth-order valence-electron chi connectivity index (χ4n) is 2.86. The zero-order chi connectivity index (χ0) is 21.9. The van der Waals surface area contributed by atoms with Crippen LogP contribution in [0.2, 0.25) is 5.02 Å². The van der Waals surface area contributed by atoms with Crippen LogP contribution in [0.25, 0.3) is 0 Å². The van der Waals surface area contributed by atoms with Gasteiger partial charge in [0.15, 0.2) is 0 Å². The number of amides is 1. The molecule has 0 heterocycles. The summed E-state index contributed by atoms with van der Waals surface area (Å²) < 4.78 is 39.2. The summed E-state index contributed by atoms with van der Waals surface area (Å²) in [6.45, 7) is 3.08. The predicted molar refractivity (Wildman–Crippen MR) is 109 cm³/mol. The van der Waals surface area contributed by atoms with E-state index in [4.69, 9.17) is 11.6 Å². The Kier molecular flexibility index (Phi) is 6.81. The average molecular weight is 444 g/mol. The Morgan fingerprint density at radius 2 is 2.00 bits per heavy atom. The molecule has 29 heavy (non-hydrogen) atoms. The lowest BCUT2D eigenvalue weighted by molar-refractivity contribution is -0.385. The number of rotatable bonds is 7. The van der Waals surface area contributed by atoms with Gasteiger partial charge in [-0.25, -0.2) is 12.8 Å². The molecule has 11 heteroatoms. The lowest BCUT2D eigenvalue weighted by atomic mass is 10.1. The van der Waals surface area contributed by atoms with Crippen molar-refractivity contribution in [2.45, 2.75) is 26.3 Å². The van der Waals surface area contributed by atoms with Crippen LogP contribution in [-0.2, 0) is 14.8 Å². The highest BCUT2D eigenvalue weighted by Crippen LogP contribution is 2.29. The highest BCUT2D eigenvalue weighted by Gasteiger charge is 2.32. The number of carbonyl (C=O) groups excluding carboxylic acids is 1. The number of carbonyl (C=O) groups is 1. The molecule has 0 saturated heterocycles. The second-order valence-corrected chi connectivity index (χ2v) is 8.54. The van der Waals surface area contributed by atoms with E-state index in [-0.39, 0.29) is 34.1 Å². The molecule has 8 nitrogen and oxygen atoms in total. The van der Waals surface area contributed by atoms with E-state index in [9.17, 15) is 27.7 Å². The first-order chi connectivity index (χ1) is 13.5. The SMILES string of the molecule is CCC(C(=O)Nc1cccc([N+](=O)[O-])c1C)N(c1ccc(F)c(Cl)c1)S(C)(=O)=O. The normalized spacial score (nSPS) is 12.3. The molecule has 2 aromatic carbocycles. The second kappa shape index (κ2) is 8.75. The number of hydrogen-bond acceptors (Lipinski definition) is 5. The van der Waals surface area contributed by atoms with Crippen molar-refractivity contribution in [3.05, 3.63) is 62.9 Å². The third kappa shape index (κ3) is 5.01. The fourth-order valence-corrected chi connectivity index (χ4v) is 4.23. The number of benzene rings is 2. The zero-order valence-electron chi connectivity index (χ0n) is 15.8. The fraction of sp³-hybridized carbons (Fsp3) is 0.278. The van der Waals surface area contributed by atoms with Crippen molar-refractivity contribution >= 4 is 44.6 Å². The van der Waals surface area contributed by atoms with E-state index in [0.717, 1.165) is 22.7 Å². The summed E-state index contributed by atoms with van der Waals surface area (Å²) in [5.41, 5.74) is 0.266. The van der Waals surface area contributed by atoms with E-state index in [1.54, 1.807) is 6.92 Å². The molecule has 0 fully saturated rings. The van der Waals surface area contributed by atoms with Crippen molar-refractivity contribution in [2.24, 2.45) is 0 Å². The van der Waals surface area contributed by atoms with Crippen LogP contribution in [0, 0.1) is 22.9 Å². The van der Waals surface area contributed by atoms with Crippen LogP contribution in [0.3, 0.4) is 0 Å². The van der Waals surface area contributed by atoms with Gasteiger partial charge in [-0.15, -0.1) is 0 Å². The number of anilines is 2. The van der Waals surface area contributed by atoms with Gasteiger partial charge in [0.1, 0.15) is 11.9 Å². The molecule has 1 amide bonds. The van der Waals surface area contributed by atoms with Crippen molar-refractivity contribution in [3.63, 3.8) is 0 Å². The average Bonchev–Trinajstić information content (AvgIpc) is 2.62. The number of halogens is 2. The minimum atomic E-state index is -3.94. The molecule has 1 atom stereocenters. The van der Waals surface area contributed by atoms with Crippen molar-refractivity contribution in [3.8, 4) is 0 Å². The highest BCUT2D eigenvalue weighted by molar-refractivity contribution is 7.92. The minimum Gasteiger partial charge on any atom is -0.324 e. The number of hydrogen-bond donors (Lipinski definition) is 1. The molecule has 0 bridgehead atoms. The molecule has 1 N–H and O–H groups in total. The van der Waals surface area contributed by atoms with Crippen LogP contribution < -0.4 is 9.62 Å². The number of nitro groups is 1. The van der Waals surface area contributed by atoms with Crippen LogP contribution in [-0.4, -0.2) is 31.5 Å². The summed E-state index contributed by atoms with van der Waals surface area (Å²) in [5, 5.41) is 13.4. The summed E-state index contributed by atoms with van der Waals surface area (Å²) in [6.07, 6.45) is 1.00. The summed E-state index contributed by atoms with van der Waals surface area (Å²) in [5.74, 6) is -1.42. The maximum absolute atomic E-state index is 13.5. The Hall–Kier alpha value is -2.72. The summed E-state index contributed by atoms with van der Waals surface area (Å²) in [6, 6.07) is 6.33. The Morgan fingerprint density at radius 1 is 1.34 bits per heavy atom. The lowest BCUT2D eigenvalue weighted by Gasteiger charge is -2.30. The topological polar surface area (TPSA) is 110 Å². The van der Waals surface area contributed by atoms with Gasteiger partial charge in [0, 0.05) is 6.07 Å². The number of sulfonamides is 1. The first-order valence-electron chi connectivity index (χ1n) is 8.46. The van der Waals surface area contributed by atoms with E-state index >= 15 is 0 Å². The van der Waals surface area contributed by atoms with Gasteiger partial charge in [-0.2, -0.15) is 0 Å². The number of nitrogens with zero attached hydrogens (tertiary/aromatic N) is 2. The molecule has 0 aliphatic rings. The molecular weight excluding hydrogens is 425 g/mol. The number of nitro benzene ring substituents is 1. The van der Waals surface area contributed by atoms with Gasteiger partial charge in [-0.3, -0.25) is 19.2 Å². The van der Waals surface area contributed by atoms with Gasteiger partial charge in [0.05, 0.1) is 33.1 Å². The molecule has 2 rings (SSSR count). The Morgan fingerprint density at radius 3 is 2.52 bits per heavy atom. The maximum atomic E-state index is 13.5. The summed E-state index contributed by atoms with van der Waals surface area (Å²) in [4.78, 5) is 23.4. The first-order valence-corrected chi connectivity index (χ1v) is 10.7. The Balaban J connectivity index is 2.45. The second-order valence-electron chi connectivity index (χ2n) is 6.28. The standard InChI is InChI=1S/C18H19ClFN3O5S/c1-4-16(18(24)21-15-6-5-7-17(11(15)2)23(25)26)22(29(3,27)28)12-8-9-14(20)13(19)10-12/h5-10,16H,4H2,1-3H3,(H,21,24). The van der Waals surface area contributed by atoms with Crippen LogP contribution in [0.1, 0.15) is 18.9 Å². The van der Waals surface area contributed by atoms with Gasteiger partial charge < -0.3 is 5.32 Å². The predicted octanol–water partition coefficient (Wildman–Crippen LogP) is 3.88. The largest absolute Gasteiger partial charge is 0.324 e. The van der Waals surface area contributed by atoms with E-state index in [0.29, 0.717) is 0 Å². The third-order valence-corrected chi connectivity index (χ3v) is 5.72. The molecule has 0 aromatic heterocycles. The van der Waals surface area contributed by atoms with Crippen molar-refractivity contribution < 1.29 is 22.5 Å². The van der Waals surface area contributed by atoms with Gasteiger partial charge in [0.2, 0.25) is 15.9 Å². The Labute approximate surface area is 172 Å². The Bertz CT molecular complexity index is 1060. The van der Waals surface area contributed by atoms with E-state index in [1.807, 2.05) is 0 Å². The zero-order valence-corrected chi connectivity index (χ0v) is 17.4. The van der Waals surface area contributed by atoms with E-state index in [1.165, 1.54) is 31.2 Å². The molecule has 2 aromatic rings. The highest BCUT2D eigenvalue weighted by atomic mass is 35.5. The minimum absolute atomic E-state index is 0.0247. The molecule has 0 saturated carbocycles. The molecular formula is C18H19ClFN3O5S. The lowest BCUT2D eigenvalue weighted by Crippen LogP contribution is -2.47. The van der Waals surface area contributed by atoms with Crippen molar-refractivity contribution in [1.29, 1.82) is 0 Å². The summed E-state index contributed by atoms with van der Waals surface area (Å²) in [7, 11) is -3.94. The van der Waals surface area contributed by atoms with Gasteiger partial charge in [-0.05, 0) is 37.6 Å².